The van der Waals surface area contributed by atoms with Crippen LogP contribution >= 0.6 is 19.4 Å². The van der Waals surface area contributed by atoms with Gasteiger partial charge in [0.1, 0.15) is 0 Å². The Hall–Kier alpha value is 0.683. The molecule has 27 heavy (non-hydrogen) atoms. The molecule has 0 fully saturated rings. The van der Waals surface area contributed by atoms with Crippen LogP contribution in [0, 0.1) is 33.5 Å². The second-order valence-corrected chi connectivity index (χ2v) is 22.7. The summed E-state index contributed by atoms with van der Waals surface area (Å²) in [6, 6.07) is 0. The van der Waals surface area contributed by atoms with E-state index in [0.29, 0.717) is 11.8 Å². The van der Waals surface area contributed by atoms with E-state index < -0.39 is 12.8 Å². The van der Waals surface area contributed by atoms with Crippen LogP contribution in [0.25, 0.3) is 0 Å². The van der Waals surface area contributed by atoms with Crippen molar-refractivity contribution in [3.63, 3.8) is 0 Å². The van der Waals surface area contributed by atoms with Gasteiger partial charge in [-0.25, -0.2) is 0 Å². The van der Waals surface area contributed by atoms with Gasteiger partial charge in [0.25, 0.3) is 0 Å². The minimum absolute atomic E-state index is 0.00996. The Morgan fingerprint density at radius 2 is 0.852 bits per heavy atom. The van der Waals surface area contributed by atoms with Gasteiger partial charge >= 0.3 is 181 Å². The number of rotatable bonds is 2. The number of hydrogen-bond acceptors (Lipinski definition) is 0. The summed E-state index contributed by atoms with van der Waals surface area (Å²) in [4.78, 5) is 0. The Bertz CT molecular complexity index is 612. The third-order valence-corrected chi connectivity index (χ3v) is 24.1. The molecule has 2 rings (SSSR count). The molecule has 0 aliphatic heterocycles. The zero-order chi connectivity index (χ0) is 21.5. The summed E-state index contributed by atoms with van der Waals surface area (Å²) in [5.41, 5.74) is 0.218. The molecule has 0 nitrogen and oxygen atoms in total. The average molecular weight is 503 g/mol. The Labute approximate surface area is 180 Å². The Morgan fingerprint density at radius 1 is 0.593 bits per heavy atom. The van der Waals surface area contributed by atoms with E-state index in [-0.39, 0.29) is 29.7 Å². The summed E-state index contributed by atoms with van der Waals surface area (Å²) in [5, 5.41) is 0. The Balaban J connectivity index is 2.78. The summed E-state index contributed by atoms with van der Waals surface area (Å²) >= 11 is -3.32. The van der Waals surface area contributed by atoms with Gasteiger partial charge < -0.3 is 0 Å². The van der Waals surface area contributed by atoms with Crippen molar-refractivity contribution in [3.05, 3.63) is 24.3 Å². The van der Waals surface area contributed by atoms with Gasteiger partial charge in [0.05, 0.1) is 0 Å². The minimum atomic E-state index is -3.32. The molecule has 160 valence electrons. The maximum absolute atomic E-state index is 7.73. The van der Waals surface area contributed by atoms with E-state index in [0.717, 1.165) is 0 Å². The molecule has 0 saturated heterocycles. The quantitative estimate of drug-likeness (QED) is 0.261. The normalized spacial score (nSPS) is 42.7. The number of halogens is 2. The van der Waals surface area contributed by atoms with Gasteiger partial charge in [0.2, 0.25) is 0 Å². The molecule has 0 aromatic rings. The molecule has 0 saturated carbocycles. The summed E-state index contributed by atoms with van der Waals surface area (Å²) in [7, 11) is 15.5. The fourth-order valence-corrected chi connectivity index (χ4v) is 16.8. The van der Waals surface area contributed by atoms with E-state index in [4.69, 9.17) is 19.4 Å². The van der Waals surface area contributed by atoms with Crippen LogP contribution in [0.5, 0.6) is 0 Å². The van der Waals surface area contributed by atoms with E-state index >= 15 is 0 Å². The van der Waals surface area contributed by atoms with E-state index in [9.17, 15) is 0 Å². The van der Waals surface area contributed by atoms with Crippen molar-refractivity contribution in [2.24, 2.45) is 33.5 Å². The van der Waals surface area contributed by atoms with Crippen molar-refractivity contribution < 1.29 is 12.8 Å². The second kappa shape index (κ2) is 6.34. The van der Waals surface area contributed by atoms with Crippen LogP contribution in [-0.4, -0.2) is 0 Å². The molecule has 0 aromatic carbocycles. The van der Waals surface area contributed by atoms with Crippen LogP contribution in [0.3, 0.4) is 0 Å². The standard InChI is InChI=1S/2C12H21.2ClH.Ru/c2*1-9-7-8-10(2)12(5,6)11(9,3)4;;;/h2*7-9H,1-6H3;2*1H;/q;;;;+2/p-2. The van der Waals surface area contributed by atoms with Crippen LogP contribution in [0.1, 0.15) is 83.1 Å². The van der Waals surface area contributed by atoms with Crippen molar-refractivity contribution in [1.82, 2.24) is 0 Å². The molecule has 0 radical (unpaired) electrons. The maximum atomic E-state index is 7.73. The van der Waals surface area contributed by atoms with Crippen molar-refractivity contribution in [2.75, 3.05) is 0 Å². The fourth-order valence-electron chi connectivity index (χ4n) is 5.01. The van der Waals surface area contributed by atoms with Crippen molar-refractivity contribution in [3.8, 4) is 0 Å². The first-order chi connectivity index (χ1) is 11.8. The monoisotopic (exact) mass is 502 g/mol. The van der Waals surface area contributed by atoms with Crippen LogP contribution in [0.15, 0.2) is 24.3 Å². The van der Waals surface area contributed by atoms with Crippen LogP contribution in [-0.2, 0) is 12.8 Å². The Kier molecular flexibility index (Phi) is 5.63. The summed E-state index contributed by atoms with van der Waals surface area (Å²) < 4.78 is -0.426. The number of hydrogen-bond donors (Lipinski definition) is 0. The molecule has 2 aliphatic rings. The molecular formula is C24H42Cl2Ru. The molecule has 0 amide bonds. The van der Waals surface area contributed by atoms with Crippen LogP contribution < -0.4 is 0 Å². The van der Waals surface area contributed by atoms with Gasteiger partial charge in [-0.05, 0) is 0 Å². The average Bonchev–Trinajstić information content (AvgIpc) is 2.52. The summed E-state index contributed by atoms with van der Waals surface area (Å²) in [6.07, 6.45) is 9.55. The summed E-state index contributed by atoms with van der Waals surface area (Å²) in [5.74, 6) is 1.01. The number of allylic oxidation sites excluding steroid dienone is 4. The third kappa shape index (κ3) is 2.63. The molecule has 0 heterocycles. The van der Waals surface area contributed by atoms with Crippen molar-refractivity contribution in [2.45, 2.75) is 91.1 Å². The van der Waals surface area contributed by atoms with Gasteiger partial charge in [0.15, 0.2) is 0 Å². The first-order valence-corrected chi connectivity index (χ1v) is 16.5. The fraction of sp³-hybridized carbons (Fsp3) is 0.833. The molecule has 0 bridgehead atoms. The van der Waals surface area contributed by atoms with E-state index in [1.807, 2.05) is 0 Å². The van der Waals surface area contributed by atoms with Crippen LogP contribution in [0.4, 0.5) is 0 Å². The van der Waals surface area contributed by atoms with E-state index in [2.05, 4.69) is 107 Å². The molecule has 0 spiro atoms. The summed E-state index contributed by atoms with van der Waals surface area (Å²) in [6.45, 7) is 28.5. The SMILES string of the molecule is CC1C=C[C](C)([Ru]([Cl])([Cl])[C]2(C)C=CC(C)C(C)(C)C2(C)C)C(C)(C)C1(C)C. The molecule has 2 aliphatic carbocycles. The van der Waals surface area contributed by atoms with Crippen molar-refractivity contribution >= 4 is 19.4 Å². The van der Waals surface area contributed by atoms with Gasteiger partial charge in [-0.15, -0.1) is 0 Å². The van der Waals surface area contributed by atoms with E-state index in [1.54, 1.807) is 0 Å². The predicted molar refractivity (Wildman–Crippen MR) is 120 cm³/mol. The molecule has 0 N–H and O–H groups in total. The topological polar surface area (TPSA) is 0 Å². The van der Waals surface area contributed by atoms with E-state index in [1.165, 1.54) is 0 Å². The van der Waals surface area contributed by atoms with Gasteiger partial charge in [-0.2, -0.15) is 0 Å². The molecule has 4 unspecified atom stereocenters. The molecule has 3 heteroatoms. The second-order valence-electron chi connectivity index (χ2n) is 11.5. The predicted octanol–water partition coefficient (Wildman–Crippen LogP) is 9.32. The first kappa shape index (κ1) is 24.0. The molecule has 0 aromatic heterocycles. The molecule has 4 atom stereocenters. The Morgan fingerprint density at radius 3 is 1.11 bits per heavy atom. The van der Waals surface area contributed by atoms with Crippen molar-refractivity contribution in [1.29, 1.82) is 0 Å². The van der Waals surface area contributed by atoms with Crippen LogP contribution in [0.2, 0.25) is 8.02 Å². The first-order valence-electron chi connectivity index (χ1n) is 10.3. The molecular weight excluding hydrogens is 460 g/mol. The van der Waals surface area contributed by atoms with Gasteiger partial charge in [0, 0.05) is 0 Å². The zero-order valence-corrected chi connectivity index (χ0v) is 22.8. The third-order valence-electron chi connectivity index (χ3n) is 10.2. The van der Waals surface area contributed by atoms with Gasteiger partial charge in [-0.3, -0.25) is 0 Å². The van der Waals surface area contributed by atoms with Gasteiger partial charge in [-0.1, -0.05) is 0 Å². The zero-order valence-electron chi connectivity index (χ0n) is 19.6.